The Labute approximate surface area is 162 Å². The summed E-state index contributed by atoms with van der Waals surface area (Å²) in [6, 6.07) is 4.84. The first-order valence-electron chi connectivity index (χ1n) is 9.06. The van der Waals surface area contributed by atoms with Crippen molar-refractivity contribution in [3.63, 3.8) is 0 Å². The number of amides is 2. The Morgan fingerprint density at radius 1 is 1.00 bits per heavy atom. The lowest BCUT2D eigenvalue weighted by molar-refractivity contribution is -0.0436. The zero-order chi connectivity index (χ0) is 20.7. The van der Waals surface area contributed by atoms with Crippen molar-refractivity contribution in [2.45, 2.75) is 30.8 Å². The van der Waals surface area contributed by atoms with Gasteiger partial charge in [-0.15, -0.1) is 0 Å². The van der Waals surface area contributed by atoms with Gasteiger partial charge in [0.1, 0.15) is 0 Å². The van der Waals surface area contributed by atoms with Gasteiger partial charge < -0.3 is 9.80 Å². The summed E-state index contributed by atoms with van der Waals surface area (Å²) in [5, 5.41) is 0. The van der Waals surface area contributed by atoms with E-state index in [2.05, 4.69) is 18.7 Å². The van der Waals surface area contributed by atoms with Crippen LogP contribution in [-0.4, -0.2) is 73.9 Å². The summed E-state index contributed by atoms with van der Waals surface area (Å²) in [7, 11) is -5.32. The van der Waals surface area contributed by atoms with Crippen LogP contribution in [0.3, 0.4) is 0 Å². The largest absolute Gasteiger partial charge is 0.501 e. The highest BCUT2D eigenvalue weighted by molar-refractivity contribution is 7.92. The van der Waals surface area contributed by atoms with Crippen LogP contribution in [0, 0.1) is 5.41 Å². The molecule has 3 rings (SSSR count). The monoisotopic (exact) mass is 419 g/mol. The number of sulfone groups is 1. The minimum absolute atomic E-state index is 0.0562. The fourth-order valence-electron chi connectivity index (χ4n) is 3.59. The highest BCUT2D eigenvalue weighted by atomic mass is 32.2. The first-order valence-corrected chi connectivity index (χ1v) is 10.5. The van der Waals surface area contributed by atoms with Gasteiger partial charge >= 0.3 is 11.5 Å². The predicted octanol–water partition coefficient (Wildman–Crippen LogP) is 2.56. The third kappa shape index (κ3) is 4.27. The number of benzene rings is 1. The number of likely N-dealkylation sites (tertiary alicyclic amines) is 1. The van der Waals surface area contributed by atoms with Gasteiger partial charge in [0.15, 0.2) is 0 Å². The Hall–Kier alpha value is -1.81. The van der Waals surface area contributed by atoms with Crippen molar-refractivity contribution in [3.05, 3.63) is 29.8 Å². The molecule has 0 radical (unpaired) electrons. The van der Waals surface area contributed by atoms with Crippen molar-refractivity contribution in [1.29, 1.82) is 0 Å². The van der Waals surface area contributed by atoms with Crippen molar-refractivity contribution in [1.82, 2.24) is 14.7 Å². The number of urea groups is 1. The number of carbonyl (C=O) groups is 1. The molecule has 0 bridgehead atoms. The molecule has 0 N–H and O–H groups in total. The summed E-state index contributed by atoms with van der Waals surface area (Å²) in [5.41, 5.74) is -4.39. The van der Waals surface area contributed by atoms with Crippen molar-refractivity contribution in [3.8, 4) is 0 Å². The molecular weight excluding hydrogens is 395 g/mol. The van der Waals surface area contributed by atoms with Gasteiger partial charge in [0.25, 0.3) is 9.84 Å². The van der Waals surface area contributed by atoms with Gasteiger partial charge in [-0.25, -0.2) is 13.2 Å². The maximum Gasteiger partial charge on any atom is 0.501 e. The van der Waals surface area contributed by atoms with Gasteiger partial charge in [0, 0.05) is 51.2 Å². The van der Waals surface area contributed by atoms with E-state index in [1.165, 1.54) is 12.1 Å². The van der Waals surface area contributed by atoms with Crippen LogP contribution in [-0.2, 0) is 16.4 Å². The normalized spacial score (nSPS) is 20.8. The molecule has 0 unspecified atom stereocenters. The molecule has 10 heteroatoms. The van der Waals surface area contributed by atoms with Crippen molar-refractivity contribution in [2.75, 3.05) is 39.3 Å². The molecule has 28 heavy (non-hydrogen) atoms. The summed E-state index contributed by atoms with van der Waals surface area (Å²) in [4.78, 5) is 17.4. The Bertz CT molecular complexity index is 822. The van der Waals surface area contributed by atoms with Crippen LogP contribution in [0.15, 0.2) is 29.2 Å². The van der Waals surface area contributed by atoms with Gasteiger partial charge in [-0.3, -0.25) is 4.90 Å². The van der Waals surface area contributed by atoms with Crippen LogP contribution in [0.1, 0.15) is 19.4 Å². The van der Waals surface area contributed by atoms with Crippen LogP contribution < -0.4 is 0 Å². The molecule has 0 saturated carbocycles. The Morgan fingerprint density at radius 3 is 2.00 bits per heavy atom. The van der Waals surface area contributed by atoms with E-state index in [-0.39, 0.29) is 11.4 Å². The summed E-state index contributed by atoms with van der Waals surface area (Å²) < 4.78 is 60.6. The lowest BCUT2D eigenvalue weighted by atomic mass is 9.85. The van der Waals surface area contributed by atoms with Crippen LogP contribution in [0.5, 0.6) is 0 Å². The number of nitrogens with zero attached hydrogens (tertiary/aromatic N) is 3. The molecule has 2 heterocycles. The maximum absolute atomic E-state index is 12.6. The molecule has 0 spiro atoms. The molecule has 2 amide bonds. The topological polar surface area (TPSA) is 60.9 Å². The SMILES string of the molecule is CC1(C)CN(C(=O)N2CCN(Cc3ccc(S(=O)(=O)C(F)(F)F)cc3)CC2)C1. The lowest BCUT2D eigenvalue weighted by Gasteiger charge is -2.48. The van der Waals surface area contributed by atoms with E-state index in [4.69, 9.17) is 0 Å². The number of alkyl halides is 3. The number of halogens is 3. The fourth-order valence-corrected chi connectivity index (χ4v) is 4.35. The first-order chi connectivity index (χ1) is 12.9. The van der Waals surface area contributed by atoms with Gasteiger partial charge in [0.2, 0.25) is 0 Å². The summed E-state index contributed by atoms with van der Waals surface area (Å²) >= 11 is 0. The van der Waals surface area contributed by atoms with Crippen LogP contribution in [0.2, 0.25) is 0 Å². The first kappa shape index (κ1) is 20.9. The minimum atomic E-state index is -5.32. The molecule has 0 atom stereocenters. The molecule has 156 valence electrons. The third-order valence-corrected chi connectivity index (χ3v) is 6.60. The van der Waals surface area contributed by atoms with Crippen LogP contribution in [0.4, 0.5) is 18.0 Å². The summed E-state index contributed by atoms with van der Waals surface area (Å²) in [6.45, 7) is 8.77. The van der Waals surface area contributed by atoms with E-state index >= 15 is 0 Å². The Balaban J connectivity index is 1.52. The van der Waals surface area contributed by atoms with Crippen LogP contribution in [0.25, 0.3) is 0 Å². The minimum Gasteiger partial charge on any atom is -0.323 e. The molecular formula is C18H24F3N3O3S. The predicted molar refractivity (Wildman–Crippen MR) is 97.3 cm³/mol. The third-order valence-electron chi connectivity index (χ3n) is 5.10. The van der Waals surface area contributed by atoms with E-state index in [1.54, 1.807) is 0 Å². The number of carbonyl (C=O) groups excluding carboxylic acids is 1. The molecule has 0 aromatic heterocycles. The number of hydrogen-bond donors (Lipinski definition) is 0. The standard InChI is InChI=1S/C18H24F3N3O3S/c1-17(2)12-24(13-17)16(25)23-9-7-22(8-10-23)11-14-3-5-15(6-4-14)28(26,27)18(19,20)21/h3-6H,7-13H2,1-2H3. The van der Waals surface area contributed by atoms with E-state index in [1.807, 2.05) is 9.80 Å². The Morgan fingerprint density at radius 2 is 1.54 bits per heavy atom. The summed E-state index contributed by atoms with van der Waals surface area (Å²) in [5.74, 6) is 0. The average Bonchev–Trinajstić information content (AvgIpc) is 2.59. The van der Waals surface area contributed by atoms with Gasteiger partial charge in [-0.1, -0.05) is 26.0 Å². The molecule has 2 aliphatic rings. The second kappa shape index (κ2) is 7.22. The number of piperazine rings is 1. The van der Waals surface area contributed by atoms with E-state index < -0.39 is 20.2 Å². The average molecular weight is 419 g/mol. The number of rotatable bonds is 3. The highest BCUT2D eigenvalue weighted by Gasteiger charge is 2.46. The van der Waals surface area contributed by atoms with E-state index in [0.717, 1.165) is 30.8 Å². The van der Waals surface area contributed by atoms with Gasteiger partial charge in [0.05, 0.1) is 4.90 Å². The number of hydrogen-bond acceptors (Lipinski definition) is 4. The highest BCUT2D eigenvalue weighted by Crippen LogP contribution is 2.31. The maximum atomic E-state index is 12.6. The zero-order valence-corrected chi connectivity index (χ0v) is 16.7. The molecule has 1 aromatic rings. The van der Waals surface area contributed by atoms with Crippen LogP contribution >= 0.6 is 0 Å². The molecule has 2 saturated heterocycles. The van der Waals surface area contributed by atoms with Crippen molar-refractivity contribution in [2.24, 2.45) is 5.41 Å². The molecule has 0 aliphatic carbocycles. The molecule has 2 aliphatic heterocycles. The van der Waals surface area contributed by atoms with Gasteiger partial charge in [-0.2, -0.15) is 13.2 Å². The van der Waals surface area contributed by atoms with Crippen molar-refractivity contribution < 1.29 is 26.4 Å². The summed E-state index contributed by atoms with van der Waals surface area (Å²) in [6.07, 6.45) is 0. The quantitative estimate of drug-likeness (QED) is 0.756. The van der Waals surface area contributed by atoms with E-state index in [9.17, 15) is 26.4 Å². The molecule has 6 nitrogen and oxygen atoms in total. The van der Waals surface area contributed by atoms with E-state index in [0.29, 0.717) is 32.7 Å². The fraction of sp³-hybridized carbons (Fsp3) is 0.611. The van der Waals surface area contributed by atoms with Gasteiger partial charge in [-0.05, 0) is 17.7 Å². The molecule has 2 fully saturated rings. The smallest absolute Gasteiger partial charge is 0.323 e. The Kier molecular flexibility index (Phi) is 5.39. The van der Waals surface area contributed by atoms with Crippen molar-refractivity contribution >= 4 is 15.9 Å². The second-order valence-electron chi connectivity index (χ2n) is 8.16. The zero-order valence-electron chi connectivity index (χ0n) is 15.9. The lowest BCUT2D eigenvalue weighted by Crippen LogP contribution is -2.61. The molecule has 1 aromatic carbocycles. The second-order valence-corrected chi connectivity index (χ2v) is 10.1.